The van der Waals surface area contributed by atoms with Gasteiger partial charge in [0.2, 0.25) is 0 Å². The van der Waals surface area contributed by atoms with Gasteiger partial charge in [0, 0.05) is 37.4 Å². The van der Waals surface area contributed by atoms with E-state index in [0.717, 1.165) is 64.6 Å². The van der Waals surface area contributed by atoms with Crippen molar-refractivity contribution in [1.29, 1.82) is 0 Å². The van der Waals surface area contributed by atoms with Gasteiger partial charge in [0.05, 0.1) is 24.7 Å². The van der Waals surface area contributed by atoms with Gasteiger partial charge in [-0.3, -0.25) is 9.69 Å². The van der Waals surface area contributed by atoms with Crippen LogP contribution in [0.15, 0.2) is 78.9 Å². The van der Waals surface area contributed by atoms with Crippen LogP contribution in [0, 0.1) is 6.92 Å². The van der Waals surface area contributed by atoms with E-state index >= 15 is 0 Å². The number of hydrogen-bond donors (Lipinski definition) is 0. The van der Waals surface area contributed by atoms with Crippen LogP contribution in [-0.4, -0.2) is 55.5 Å². The van der Waals surface area contributed by atoms with Crippen LogP contribution in [0.2, 0.25) is 0 Å². The first-order valence-corrected chi connectivity index (χ1v) is 13.2. The summed E-state index contributed by atoms with van der Waals surface area (Å²) in [5.41, 5.74) is 3.50. The number of rotatable bonds is 8. The molecule has 4 aromatic rings. The summed E-state index contributed by atoms with van der Waals surface area (Å²) in [6, 6.07) is 26.8. The highest BCUT2D eigenvalue weighted by molar-refractivity contribution is 7.20. The Labute approximate surface area is 216 Å². The quantitative estimate of drug-likeness (QED) is 0.301. The lowest BCUT2D eigenvalue weighted by Gasteiger charge is -2.36. The smallest absolute Gasteiger partial charge is 0.264 e. The lowest BCUT2D eigenvalue weighted by Crippen LogP contribution is -2.49. The molecule has 5 rings (SSSR count). The first-order chi connectivity index (χ1) is 17.6. The Morgan fingerprint density at radius 2 is 1.72 bits per heavy atom. The van der Waals surface area contributed by atoms with Crippen molar-refractivity contribution in [1.82, 2.24) is 9.80 Å². The molecule has 0 bridgehead atoms. The van der Waals surface area contributed by atoms with Gasteiger partial charge in [-0.25, -0.2) is 0 Å². The lowest BCUT2D eigenvalue weighted by molar-refractivity contribution is 0.00338. The van der Waals surface area contributed by atoms with E-state index in [4.69, 9.17) is 9.47 Å². The van der Waals surface area contributed by atoms with E-state index in [1.54, 1.807) is 18.4 Å². The number of carbonyl (C=O) groups excluding carboxylic acids is 1. The molecule has 186 valence electrons. The summed E-state index contributed by atoms with van der Waals surface area (Å²) < 4.78 is 13.1. The Morgan fingerprint density at radius 3 is 2.47 bits per heavy atom. The average molecular weight is 501 g/mol. The molecular weight excluding hydrogens is 468 g/mol. The third-order valence-electron chi connectivity index (χ3n) is 6.76. The van der Waals surface area contributed by atoms with Crippen LogP contribution in [0.5, 0.6) is 5.75 Å². The van der Waals surface area contributed by atoms with E-state index in [1.807, 2.05) is 35.2 Å². The minimum atomic E-state index is -0.0914. The number of methoxy groups -OCH3 is 1. The van der Waals surface area contributed by atoms with Gasteiger partial charge in [-0.05, 0) is 47.7 Å². The highest BCUT2D eigenvalue weighted by Crippen LogP contribution is 2.28. The highest BCUT2D eigenvalue weighted by Gasteiger charge is 2.26. The number of benzene rings is 3. The number of piperazine rings is 1. The molecule has 1 aromatic heterocycles. The SMILES string of the molecule is COc1cccc([C@H](CN2CCN(C(=O)c3cc4ccccc4s3)CC2)OCc2ccc(C)cc2)c1. The van der Waals surface area contributed by atoms with Gasteiger partial charge in [0.1, 0.15) is 5.75 Å². The van der Waals surface area contributed by atoms with E-state index in [-0.39, 0.29) is 12.0 Å². The third-order valence-corrected chi connectivity index (χ3v) is 7.86. The molecule has 0 spiro atoms. The van der Waals surface area contributed by atoms with Gasteiger partial charge in [0.25, 0.3) is 5.91 Å². The molecule has 0 saturated carbocycles. The Bertz CT molecular complexity index is 1280. The molecule has 6 heteroatoms. The number of amides is 1. The van der Waals surface area contributed by atoms with Crippen molar-refractivity contribution < 1.29 is 14.3 Å². The fourth-order valence-corrected chi connectivity index (χ4v) is 5.62. The van der Waals surface area contributed by atoms with E-state index in [9.17, 15) is 4.79 Å². The molecule has 1 atom stereocenters. The molecule has 0 N–H and O–H groups in total. The minimum Gasteiger partial charge on any atom is -0.497 e. The maximum absolute atomic E-state index is 13.2. The summed E-state index contributed by atoms with van der Waals surface area (Å²) >= 11 is 1.58. The summed E-state index contributed by atoms with van der Waals surface area (Å²) in [6.07, 6.45) is -0.0914. The number of nitrogens with zero attached hydrogens (tertiary/aromatic N) is 2. The summed E-state index contributed by atoms with van der Waals surface area (Å²) in [5.74, 6) is 0.964. The molecule has 1 saturated heterocycles. The van der Waals surface area contributed by atoms with Crippen molar-refractivity contribution in [3.63, 3.8) is 0 Å². The maximum Gasteiger partial charge on any atom is 0.264 e. The molecule has 1 fully saturated rings. The minimum absolute atomic E-state index is 0.0914. The Hall–Kier alpha value is -3.19. The Kier molecular flexibility index (Phi) is 7.66. The monoisotopic (exact) mass is 500 g/mol. The lowest BCUT2D eigenvalue weighted by atomic mass is 10.1. The van der Waals surface area contributed by atoms with Crippen molar-refractivity contribution in [2.75, 3.05) is 39.8 Å². The van der Waals surface area contributed by atoms with E-state index in [0.29, 0.717) is 6.61 Å². The number of hydrogen-bond acceptors (Lipinski definition) is 5. The average Bonchev–Trinajstić information content (AvgIpc) is 3.36. The molecular formula is C30H32N2O3S. The molecule has 1 aliphatic heterocycles. The highest BCUT2D eigenvalue weighted by atomic mass is 32.1. The first kappa shape index (κ1) is 24.5. The van der Waals surface area contributed by atoms with Crippen LogP contribution in [-0.2, 0) is 11.3 Å². The molecule has 0 aliphatic carbocycles. The van der Waals surface area contributed by atoms with Crippen molar-refractivity contribution in [2.24, 2.45) is 0 Å². The molecule has 36 heavy (non-hydrogen) atoms. The van der Waals surface area contributed by atoms with E-state index in [1.165, 1.54) is 5.56 Å². The van der Waals surface area contributed by atoms with Crippen molar-refractivity contribution in [3.05, 3.63) is 100 Å². The summed E-state index contributed by atoms with van der Waals surface area (Å²) in [4.78, 5) is 18.4. The number of carbonyl (C=O) groups is 1. The van der Waals surface area contributed by atoms with Crippen LogP contribution < -0.4 is 4.74 Å². The second-order valence-electron chi connectivity index (χ2n) is 9.30. The molecule has 2 heterocycles. The molecule has 1 aliphatic rings. The molecule has 0 unspecified atom stereocenters. The summed E-state index contributed by atoms with van der Waals surface area (Å²) in [5, 5.41) is 1.14. The summed E-state index contributed by atoms with van der Waals surface area (Å²) in [6.45, 7) is 6.49. The van der Waals surface area contributed by atoms with Crippen molar-refractivity contribution in [2.45, 2.75) is 19.6 Å². The fraction of sp³-hybridized carbons (Fsp3) is 0.300. The standard InChI is InChI=1S/C30H32N2O3S/c1-22-10-12-23(13-11-22)21-35-27(24-7-5-8-26(18-24)34-2)20-31-14-16-32(17-15-31)30(33)29-19-25-6-3-4-9-28(25)36-29/h3-13,18-19,27H,14-17,20-21H2,1-2H3/t27-/m0/s1. The van der Waals surface area contributed by atoms with Crippen molar-refractivity contribution >= 4 is 27.3 Å². The zero-order valence-corrected chi connectivity index (χ0v) is 21.7. The topological polar surface area (TPSA) is 42.0 Å². The summed E-state index contributed by atoms with van der Waals surface area (Å²) in [7, 11) is 1.69. The van der Waals surface area contributed by atoms with Crippen LogP contribution in [0.3, 0.4) is 0 Å². The zero-order chi connectivity index (χ0) is 24.9. The maximum atomic E-state index is 13.2. The fourth-order valence-electron chi connectivity index (χ4n) is 4.59. The molecule has 1 amide bonds. The number of ether oxygens (including phenoxy) is 2. The predicted molar refractivity (Wildman–Crippen MR) is 146 cm³/mol. The number of fused-ring (bicyclic) bond motifs is 1. The van der Waals surface area contributed by atoms with Gasteiger partial charge in [-0.1, -0.05) is 60.2 Å². The van der Waals surface area contributed by atoms with Crippen LogP contribution in [0.4, 0.5) is 0 Å². The van der Waals surface area contributed by atoms with Crippen LogP contribution >= 0.6 is 11.3 Å². The van der Waals surface area contributed by atoms with Gasteiger partial charge >= 0.3 is 0 Å². The third kappa shape index (κ3) is 5.78. The predicted octanol–water partition coefficient (Wildman–Crippen LogP) is 5.93. The van der Waals surface area contributed by atoms with Crippen LogP contribution in [0.1, 0.15) is 32.5 Å². The second-order valence-corrected chi connectivity index (χ2v) is 10.4. The van der Waals surface area contributed by atoms with Gasteiger partial charge in [-0.15, -0.1) is 11.3 Å². The van der Waals surface area contributed by atoms with E-state index in [2.05, 4.69) is 60.4 Å². The Balaban J connectivity index is 1.23. The van der Waals surface area contributed by atoms with E-state index < -0.39 is 0 Å². The molecule has 3 aromatic carbocycles. The second kappa shape index (κ2) is 11.2. The molecule has 5 nitrogen and oxygen atoms in total. The van der Waals surface area contributed by atoms with Crippen molar-refractivity contribution in [3.8, 4) is 5.75 Å². The zero-order valence-electron chi connectivity index (χ0n) is 20.9. The van der Waals surface area contributed by atoms with Gasteiger partial charge < -0.3 is 14.4 Å². The number of aryl methyl sites for hydroxylation is 1. The number of thiophene rings is 1. The first-order valence-electron chi connectivity index (χ1n) is 12.4. The van der Waals surface area contributed by atoms with Gasteiger partial charge in [0.15, 0.2) is 0 Å². The largest absolute Gasteiger partial charge is 0.497 e. The molecule has 0 radical (unpaired) electrons. The Morgan fingerprint density at radius 1 is 0.944 bits per heavy atom. The van der Waals surface area contributed by atoms with Gasteiger partial charge in [-0.2, -0.15) is 0 Å². The van der Waals surface area contributed by atoms with Crippen LogP contribution in [0.25, 0.3) is 10.1 Å². The normalized spacial score (nSPS) is 15.2.